The van der Waals surface area contributed by atoms with Crippen LogP contribution in [-0.4, -0.2) is 35.8 Å². The van der Waals surface area contributed by atoms with Crippen LogP contribution in [0.1, 0.15) is 62.7 Å². The largest absolute Gasteiger partial charge is 0.338 e. The quantitative estimate of drug-likeness (QED) is 0.870. The lowest BCUT2D eigenvalue weighted by atomic mass is 9.79. The van der Waals surface area contributed by atoms with Crippen LogP contribution in [0.3, 0.4) is 0 Å². The number of benzene rings is 1. The van der Waals surface area contributed by atoms with Crippen LogP contribution in [0.4, 0.5) is 5.69 Å². The van der Waals surface area contributed by atoms with E-state index in [2.05, 4.69) is 19.2 Å². The molecule has 1 atom stereocenters. The lowest BCUT2D eigenvalue weighted by Gasteiger charge is -2.42. The van der Waals surface area contributed by atoms with Gasteiger partial charge < -0.3 is 16.0 Å². The van der Waals surface area contributed by atoms with Gasteiger partial charge in [0.1, 0.15) is 0 Å². The Bertz CT molecular complexity index is 665. The minimum absolute atomic E-state index is 0.0127. The third kappa shape index (κ3) is 4.26. The highest BCUT2D eigenvalue weighted by Crippen LogP contribution is 2.29. The molecule has 2 amide bonds. The summed E-state index contributed by atoms with van der Waals surface area (Å²) in [5, 5.41) is 3.00. The monoisotopic (exact) mass is 357 g/mol. The molecule has 1 saturated heterocycles. The Morgan fingerprint density at radius 3 is 2.58 bits per heavy atom. The van der Waals surface area contributed by atoms with Crippen LogP contribution < -0.4 is 11.1 Å². The molecule has 2 aliphatic rings. The van der Waals surface area contributed by atoms with Gasteiger partial charge in [0.15, 0.2) is 0 Å². The molecule has 1 aromatic carbocycles. The van der Waals surface area contributed by atoms with Crippen molar-refractivity contribution >= 4 is 17.5 Å². The first-order chi connectivity index (χ1) is 12.4. The van der Waals surface area contributed by atoms with Gasteiger partial charge in [0, 0.05) is 36.3 Å². The van der Waals surface area contributed by atoms with E-state index >= 15 is 0 Å². The summed E-state index contributed by atoms with van der Waals surface area (Å²) in [6.45, 7) is 5.56. The van der Waals surface area contributed by atoms with Crippen LogP contribution in [0.5, 0.6) is 0 Å². The van der Waals surface area contributed by atoms with Gasteiger partial charge in [-0.25, -0.2) is 0 Å². The van der Waals surface area contributed by atoms with Crippen LogP contribution in [0.2, 0.25) is 0 Å². The molecule has 1 saturated carbocycles. The Kier molecular flexibility index (Phi) is 5.66. The summed E-state index contributed by atoms with van der Waals surface area (Å²) in [6, 6.07) is 7.43. The molecule has 26 heavy (non-hydrogen) atoms. The number of nitrogens with one attached hydrogen (secondary N) is 1. The second-order valence-electron chi connectivity index (χ2n) is 8.52. The van der Waals surface area contributed by atoms with Crippen LogP contribution in [0.15, 0.2) is 24.3 Å². The number of carbonyl (C=O) groups excluding carboxylic acids is 2. The fourth-order valence-corrected chi connectivity index (χ4v) is 4.07. The van der Waals surface area contributed by atoms with Crippen molar-refractivity contribution in [2.45, 2.75) is 58.4 Å². The van der Waals surface area contributed by atoms with E-state index in [1.54, 1.807) is 6.07 Å². The van der Waals surface area contributed by atoms with E-state index in [4.69, 9.17) is 5.73 Å². The second-order valence-corrected chi connectivity index (χ2v) is 8.52. The standard InChI is InChI=1S/C21H31N3O2/c1-21(2)14-24(12-11-18(21)22)20(26)16-9-6-10-17(13-16)23-19(25)15-7-4-3-5-8-15/h6,9-10,13,15,18H,3-5,7-8,11-12,14,22H2,1-2H3,(H,23,25). The molecule has 3 rings (SSSR count). The fourth-order valence-electron chi connectivity index (χ4n) is 4.07. The smallest absolute Gasteiger partial charge is 0.253 e. The first-order valence-electron chi connectivity index (χ1n) is 9.82. The Balaban J connectivity index is 1.66. The predicted molar refractivity (Wildman–Crippen MR) is 104 cm³/mol. The number of nitrogens with two attached hydrogens (primary N) is 1. The summed E-state index contributed by atoms with van der Waals surface area (Å²) in [5.41, 5.74) is 7.43. The zero-order chi connectivity index (χ0) is 18.7. The van der Waals surface area contributed by atoms with Crippen molar-refractivity contribution in [3.63, 3.8) is 0 Å². The van der Waals surface area contributed by atoms with Crippen LogP contribution in [0.25, 0.3) is 0 Å². The average molecular weight is 357 g/mol. The molecule has 0 aromatic heterocycles. The van der Waals surface area contributed by atoms with Crippen molar-refractivity contribution in [3.05, 3.63) is 29.8 Å². The molecule has 1 aliphatic carbocycles. The van der Waals surface area contributed by atoms with Gasteiger partial charge in [0.2, 0.25) is 5.91 Å². The van der Waals surface area contributed by atoms with E-state index < -0.39 is 0 Å². The van der Waals surface area contributed by atoms with Crippen molar-refractivity contribution in [2.75, 3.05) is 18.4 Å². The molecule has 0 spiro atoms. The number of amides is 2. The first kappa shape index (κ1) is 18.9. The van der Waals surface area contributed by atoms with Gasteiger partial charge in [-0.2, -0.15) is 0 Å². The minimum atomic E-state index is -0.0826. The van der Waals surface area contributed by atoms with Gasteiger partial charge in [-0.15, -0.1) is 0 Å². The number of carbonyl (C=O) groups is 2. The number of nitrogens with zero attached hydrogens (tertiary/aromatic N) is 1. The first-order valence-corrected chi connectivity index (χ1v) is 9.82. The van der Waals surface area contributed by atoms with Crippen molar-refractivity contribution in [2.24, 2.45) is 17.1 Å². The van der Waals surface area contributed by atoms with Crippen molar-refractivity contribution in [1.29, 1.82) is 0 Å². The number of piperidine rings is 1. The Hall–Kier alpha value is -1.88. The maximum atomic E-state index is 12.9. The van der Waals surface area contributed by atoms with E-state index in [1.165, 1.54) is 6.42 Å². The Morgan fingerprint density at radius 1 is 1.15 bits per heavy atom. The van der Waals surface area contributed by atoms with E-state index in [1.807, 2.05) is 23.1 Å². The molecule has 3 N–H and O–H groups in total. The van der Waals surface area contributed by atoms with Gasteiger partial charge in [-0.3, -0.25) is 9.59 Å². The molecule has 1 heterocycles. The van der Waals surface area contributed by atoms with E-state index in [-0.39, 0.29) is 29.2 Å². The van der Waals surface area contributed by atoms with Gasteiger partial charge in [0.25, 0.3) is 5.91 Å². The maximum absolute atomic E-state index is 12.9. The number of rotatable bonds is 3. The van der Waals surface area contributed by atoms with Crippen LogP contribution in [0, 0.1) is 11.3 Å². The minimum Gasteiger partial charge on any atom is -0.338 e. The summed E-state index contributed by atoms with van der Waals surface area (Å²) in [7, 11) is 0. The highest BCUT2D eigenvalue weighted by atomic mass is 16.2. The predicted octanol–water partition coefficient (Wildman–Crippen LogP) is 3.40. The molecular weight excluding hydrogens is 326 g/mol. The molecule has 0 radical (unpaired) electrons. The van der Waals surface area contributed by atoms with Crippen LogP contribution >= 0.6 is 0 Å². The maximum Gasteiger partial charge on any atom is 0.253 e. The molecular formula is C21H31N3O2. The molecule has 1 aliphatic heterocycles. The SMILES string of the molecule is CC1(C)CN(C(=O)c2cccc(NC(=O)C3CCCCC3)c2)CCC1N. The summed E-state index contributed by atoms with van der Waals surface area (Å²) < 4.78 is 0. The molecule has 5 nitrogen and oxygen atoms in total. The summed E-state index contributed by atoms with van der Waals surface area (Å²) >= 11 is 0. The third-order valence-electron chi connectivity index (χ3n) is 5.95. The zero-order valence-electron chi connectivity index (χ0n) is 16.0. The molecule has 142 valence electrons. The average Bonchev–Trinajstić information content (AvgIpc) is 2.64. The lowest BCUT2D eigenvalue weighted by Crippen LogP contribution is -2.54. The Morgan fingerprint density at radius 2 is 1.88 bits per heavy atom. The van der Waals surface area contributed by atoms with Gasteiger partial charge >= 0.3 is 0 Å². The normalized spacial score (nSPS) is 23.5. The highest BCUT2D eigenvalue weighted by Gasteiger charge is 2.35. The molecule has 1 aromatic rings. The summed E-state index contributed by atoms with van der Waals surface area (Å²) in [5.74, 6) is 0.200. The molecule has 5 heteroatoms. The Labute approximate surface area is 156 Å². The van der Waals surface area contributed by atoms with E-state index in [0.717, 1.165) is 32.1 Å². The second kappa shape index (κ2) is 7.78. The molecule has 0 bridgehead atoms. The van der Waals surface area contributed by atoms with E-state index in [9.17, 15) is 9.59 Å². The van der Waals surface area contributed by atoms with Gasteiger partial charge in [-0.1, -0.05) is 39.2 Å². The van der Waals surface area contributed by atoms with Crippen molar-refractivity contribution < 1.29 is 9.59 Å². The zero-order valence-corrected chi connectivity index (χ0v) is 16.0. The topological polar surface area (TPSA) is 75.4 Å². The molecule has 2 fully saturated rings. The van der Waals surface area contributed by atoms with Crippen LogP contribution in [-0.2, 0) is 4.79 Å². The van der Waals surface area contributed by atoms with Gasteiger partial charge in [-0.05, 0) is 42.9 Å². The lowest BCUT2D eigenvalue weighted by molar-refractivity contribution is -0.120. The number of anilines is 1. The third-order valence-corrected chi connectivity index (χ3v) is 5.95. The number of likely N-dealkylation sites (tertiary alicyclic amines) is 1. The molecule has 1 unspecified atom stereocenters. The summed E-state index contributed by atoms with van der Waals surface area (Å²) in [4.78, 5) is 27.2. The summed E-state index contributed by atoms with van der Waals surface area (Å²) in [6.07, 6.45) is 6.23. The fraction of sp³-hybridized carbons (Fsp3) is 0.619. The van der Waals surface area contributed by atoms with Crippen molar-refractivity contribution in [1.82, 2.24) is 4.90 Å². The van der Waals surface area contributed by atoms with E-state index in [0.29, 0.717) is 24.3 Å². The highest BCUT2D eigenvalue weighted by molar-refractivity contribution is 5.97. The number of hydrogen-bond acceptors (Lipinski definition) is 3. The van der Waals surface area contributed by atoms with Gasteiger partial charge in [0.05, 0.1) is 0 Å². The number of hydrogen-bond donors (Lipinski definition) is 2. The van der Waals surface area contributed by atoms with Crippen molar-refractivity contribution in [3.8, 4) is 0 Å².